The molecule has 1 nitrogen and oxygen atoms in total. The zero-order valence-electron chi connectivity index (χ0n) is 13.8. The van der Waals surface area contributed by atoms with Crippen LogP contribution in [0.3, 0.4) is 0 Å². The summed E-state index contributed by atoms with van der Waals surface area (Å²) >= 11 is 3.54. The predicted molar refractivity (Wildman–Crippen MR) is 106 cm³/mol. The number of fused-ring (bicyclic) bond motifs is 2. The van der Waals surface area contributed by atoms with Gasteiger partial charge in [0, 0.05) is 36.5 Å². The third-order valence-electron chi connectivity index (χ3n) is 4.55. The number of carbonyl (C=O) groups excluding carboxylic acids is 1. The third kappa shape index (κ3) is 2.58. The van der Waals surface area contributed by atoms with E-state index in [4.69, 9.17) is 0 Å². The SMILES string of the molecule is Cc1sc2ccccc2c1CCC(=O)c1c(C)sc2ccccc12. The summed E-state index contributed by atoms with van der Waals surface area (Å²) in [6.45, 7) is 4.22. The number of hydrogen-bond acceptors (Lipinski definition) is 3. The molecule has 0 fully saturated rings. The van der Waals surface area contributed by atoms with E-state index in [2.05, 4.69) is 50.2 Å². The van der Waals surface area contributed by atoms with Gasteiger partial charge in [0.15, 0.2) is 5.78 Å². The lowest BCUT2D eigenvalue weighted by Gasteiger charge is -2.03. The van der Waals surface area contributed by atoms with Gasteiger partial charge in [-0.2, -0.15) is 0 Å². The van der Waals surface area contributed by atoms with Gasteiger partial charge in [-0.25, -0.2) is 0 Å². The molecule has 24 heavy (non-hydrogen) atoms. The van der Waals surface area contributed by atoms with Crippen molar-refractivity contribution < 1.29 is 4.79 Å². The number of carbonyl (C=O) groups is 1. The predicted octanol–water partition coefficient (Wildman–Crippen LogP) is 6.55. The van der Waals surface area contributed by atoms with Crippen LogP contribution in [0.5, 0.6) is 0 Å². The van der Waals surface area contributed by atoms with Crippen molar-refractivity contribution in [2.75, 3.05) is 0 Å². The first-order valence-corrected chi connectivity index (χ1v) is 9.77. The van der Waals surface area contributed by atoms with Gasteiger partial charge in [0.25, 0.3) is 0 Å². The third-order valence-corrected chi connectivity index (χ3v) is 6.77. The molecule has 120 valence electrons. The van der Waals surface area contributed by atoms with E-state index in [1.54, 1.807) is 11.3 Å². The molecular formula is C21H18OS2. The molecule has 0 unspecified atom stereocenters. The van der Waals surface area contributed by atoms with Gasteiger partial charge < -0.3 is 0 Å². The highest BCUT2D eigenvalue weighted by atomic mass is 32.1. The Morgan fingerprint density at radius 3 is 2.17 bits per heavy atom. The molecule has 2 aromatic carbocycles. The number of ketones is 1. The Morgan fingerprint density at radius 1 is 0.833 bits per heavy atom. The summed E-state index contributed by atoms with van der Waals surface area (Å²) < 4.78 is 2.52. The van der Waals surface area contributed by atoms with Crippen LogP contribution in [-0.4, -0.2) is 5.78 Å². The Hall–Kier alpha value is -1.97. The summed E-state index contributed by atoms with van der Waals surface area (Å²) in [4.78, 5) is 15.4. The van der Waals surface area contributed by atoms with E-state index in [0.29, 0.717) is 6.42 Å². The summed E-state index contributed by atoms with van der Waals surface area (Å²) in [7, 11) is 0. The Kier molecular flexibility index (Phi) is 3.99. The van der Waals surface area contributed by atoms with Gasteiger partial charge in [-0.05, 0) is 43.4 Å². The molecule has 0 atom stereocenters. The highest BCUT2D eigenvalue weighted by Crippen LogP contribution is 2.34. The van der Waals surface area contributed by atoms with Crippen molar-refractivity contribution in [3.8, 4) is 0 Å². The first-order valence-electron chi connectivity index (χ1n) is 8.13. The van der Waals surface area contributed by atoms with Crippen LogP contribution in [-0.2, 0) is 6.42 Å². The quantitative estimate of drug-likeness (QED) is 0.381. The molecule has 2 heterocycles. The van der Waals surface area contributed by atoms with Gasteiger partial charge >= 0.3 is 0 Å². The van der Waals surface area contributed by atoms with Crippen molar-refractivity contribution in [1.29, 1.82) is 0 Å². The van der Waals surface area contributed by atoms with E-state index in [1.807, 2.05) is 23.5 Å². The van der Waals surface area contributed by atoms with E-state index in [0.717, 1.165) is 22.2 Å². The van der Waals surface area contributed by atoms with Crippen LogP contribution in [0.25, 0.3) is 20.2 Å². The monoisotopic (exact) mass is 350 g/mol. The number of thiophene rings is 2. The standard InChI is InChI=1S/C21H18OS2/c1-13-15(16-7-3-5-9-19(16)23-13)11-12-18(22)21-14(2)24-20-10-6-4-8-17(20)21/h3-10H,11-12H2,1-2H3. The average molecular weight is 351 g/mol. The molecule has 0 saturated carbocycles. The molecule has 0 aliphatic heterocycles. The number of rotatable bonds is 4. The van der Waals surface area contributed by atoms with Gasteiger partial charge in [-0.3, -0.25) is 4.79 Å². The molecule has 0 N–H and O–H groups in total. The zero-order chi connectivity index (χ0) is 16.7. The highest BCUT2D eigenvalue weighted by Gasteiger charge is 2.17. The fraction of sp³-hybridized carbons (Fsp3) is 0.190. The topological polar surface area (TPSA) is 17.1 Å². The molecule has 0 aliphatic carbocycles. The summed E-state index contributed by atoms with van der Waals surface area (Å²) in [6, 6.07) is 16.7. The highest BCUT2D eigenvalue weighted by molar-refractivity contribution is 7.19. The molecule has 4 aromatic rings. The Morgan fingerprint density at radius 2 is 1.42 bits per heavy atom. The first-order chi connectivity index (χ1) is 11.6. The van der Waals surface area contributed by atoms with Crippen LogP contribution < -0.4 is 0 Å². The second-order valence-corrected chi connectivity index (χ2v) is 8.60. The molecule has 3 heteroatoms. The minimum Gasteiger partial charge on any atom is -0.294 e. The summed E-state index contributed by atoms with van der Waals surface area (Å²) in [5, 5.41) is 2.41. The molecule has 0 bridgehead atoms. The maximum absolute atomic E-state index is 12.9. The molecule has 0 spiro atoms. The molecule has 0 saturated heterocycles. The molecule has 0 aliphatic rings. The van der Waals surface area contributed by atoms with Crippen LogP contribution in [0.15, 0.2) is 48.5 Å². The molecule has 4 rings (SSSR count). The zero-order valence-corrected chi connectivity index (χ0v) is 15.4. The van der Waals surface area contributed by atoms with Crippen molar-refractivity contribution in [2.24, 2.45) is 0 Å². The molecule has 0 radical (unpaired) electrons. The van der Waals surface area contributed by atoms with Crippen LogP contribution in [0.2, 0.25) is 0 Å². The minimum atomic E-state index is 0.264. The summed E-state index contributed by atoms with van der Waals surface area (Å²) in [6.07, 6.45) is 1.39. The maximum atomic E-state index is 12.9. The van der Waals surface area contributed by atoms with Crippen LogP contribution in [0, 0.1) is 13.8 Å². The van der Waals surface area contributed by atoms with Gasteiger partial charge in [-0.1, -0.05) is 36.4 Å². The lowest BCUT2D eigenvalue weighted by atomic mass is 9.99. The second-order valence-electron chi connectivity index (χ2n) is 6.09. The minimum absolute atomic E-state index is 0.264. The smallest absolute Gasteiger partial charge is 0.164 e. The van der Waals surface area contributed by atoms with Gasteiger partial charge in [-0.15, -0.1) is 22.7 Å². The number of benzene rings is 2. The summed E-state index contributed by atoms with van der Waals surface area (Å²) in [5.74, 6) is 0.264. The lowest BCUT2D eigenvalue weighted by molar-refractivity contribution is 0.0984. The van der Waals surface area contributed by atoms with Crippen LogP contribution in [0.4, 0.5) is 0 Å². The maximum Gasteiger partial charge on any atom is 0.164 e. The van der Waals surface area contributed by atoms with Crippen molar-refractivity contribution in [2.45, 2.75) is 26.7 Å². The van der Waals surface area contributed by atoms with Crippen molar-refractivity contribution >= 4 is 48.6 Å². The fourth-order valence-electron chi connectivity index (χ4n) is 3.41. The van der Waals surface area contributed by atoms with Crippen LogP contribution >= 0.6 is 22.7 Å². The number of aryl methyl sites for hydroxylation is 3. The largest absolute Gasteiger partial charge is 0.294 e. The summed E-state index contributed by atoms with van der Waals surface area (Å²) in [5.41, 5.74) is 2.26. The normalized spacial score (nSPS) is 11.4. The Bertz CT molecular complexity index is 1050. The lowest BCUT2D eigenvalue weighted by Crippen LogP contribution is -2.02. The molecule has 0 amide bonds. The van der Waals surface area contributed by atoms with Gasteiger partial charge in [0.1, 0.15) is 0 Å². The number of Topliss-reactive ketones (excluding diaryl/α,β-unsaturated/α-hetero) is 1. The molecular weight excluding hydrogens is 332 g/mol. The first kappa shape index (κ1) is 15.6. The number of hydrogen-bond donors (Lipinski definition) is 0. The van der Waals surface area contributed by atoms with Crippen LogP contribution in [0.1, 0.15) is 32.1 Å². The van der Waals surface area contributed by atoms with E-state index < -0.39 is 0 Å². The second kappa shape index (κ2) is 6.15. The van der Waals surface area contributed by atoms with Crippen molar-refractivity contribution in [1.82, 2.24) is 0 Å². The van der Waals surface area contributed by atoms with Crippen molar-refractivity contribution in [3.63, 3.8) is 0 Å². The molecule has 2 aromatic heterocycles. The fourth-order valence-corrected chi connectivity index (χ4v) is 5.60. The Balaban J connectivity index is 1.64. The van der Waals surface area contributed by atoms with E-state index >= 15 is 0 Å². The van der Waals surface area contributed by atoms with E-state index in [9.17, 15) is 4.79 Å². The van der Waals surface area contributed by atoms with Gasteiger partial charge in [0.05, 0.1) is 0 Å². The van der Waals surface area contributed by atoms with E-state index in [-0.39, 0.29) is 5.78 Å². The average Bonchev–Trinajstić information content (AvgIpc) is 3.08. The van der Waals surface area contributed by atoms with E-state index in [1.165, 1.54) is 25.2 Å². The van der Waals surface area contributed by atoms with Gasteiger partial charge in [0.2, 0.25) is 0 Å². The Labute approximate surface area is 149 Å². The van der Waals surface area contributed by atoms with Crippen molar-refractivity contribution in [3.05, 3.63) is 69.4 Å².